The van der Waals surface area contributed by atoms with Crippen molar-refractivity contribution in [3.63, 3.8) is 0 Å². The van der Waals surface area contributed by atoms with Gasteiger partial charge in [0.1, 0.15) is 12.4 Å². The molecule has 3 aromatic rings. The average Bonchev–Trinajstić information content (AvgIpc) is 2.71. The molecule has 0 fully saturated rings. The molecule has 8 heteroatoms. The van der Waals surface area contributed by atoms with Crippen LogP contribution < -0.4 is 15.5 Å². The molecule has 0 bridgehead atoms. The highest BCUT2D eigenvalue weighted by atomic mass is 32.2. The van der Waals surface area contributed by atoms with E-state index in [0.29, 0.717) is 16.5 Å². The standard InChI is InChI=1S/C20H19N5O2S/c1-12(19(27)25-11-17(26)22-15-9-5-6-10-16(15)25)28-20-23-14-8-4-3-7-13(14)18(21-2)24-20/h3-10,12H,11H2,1-2H3,(H,22,26)(H,21,23,24). The summed E-state index contributed by atoms with van der Waals surface area (Å²) in [7, 11) is 1.81. The van der Waals surface area contributed by atoms with Crippen molar-refractivity contribution < 1.29 is 9.59 Å². The second kappa shape index (κ2) is 7.47. The maximum Gasteiger partial charge on any atom is 0.244 e. The number of anilines is 3. The van der Waals surface area contributed by atoms with Gasteiger partial charge >= 0.3 is 0 Å². The van der Waals surface area contributed by atoms with Crippen LogP contribution >= 0.6 is 11.8 Å². The van der Waals surface area contributed by atoms with Gasteiger partial charge < -0.3 is 10.6 Å². The van der Waals surface area contributed by atoms with Crippen molar-refractivity contribution in [3.8, 4) is 0 Å². The Morgan fingerprint density at radius 3 is 2.75 bits per heavy atom. The molecule has 142 valence electrons. The SMILES string of the molecule is CNc1nc(SC(C)C(=O)N2CC(=O)Nc3ccccc32)nc2ccccc12. The topological polar surface area (TPSA) is 87.2 Å². The fourth-order valence-corrected chi connectivity index (χ4v) is 4.00. The fourth-order valence-electron chi connectivity index (χ4n) is 3.16. The van der Waals surface area contributed by atoms with Crippen LogP contribution in [0.15, 0.2) is 53.7 Å². The molecule has 28 heavy (non-hydrogen) atoms. The number of para-hydroxylation sites is 3. The zero-order valence-corrected chi connectivity index (χ0v) is 16.3. The second-order valence-corrected chi connectivity index (χ2v) is 7.68. The molecule has 1 aliphatic rings. The van der Waals surface area contributed by atoms with Crippen LogP contribution in [0.3, 0.4) is 0 Å². The molecular weight excluding hydrogens is 374 g/mol. The Morgan fingerprint density at radius 2 is 1.93 bits per heavy atom. The molecular formula is C20H19N5O2S. The molecule has 1 aliphatic heterocycles. The van der Waals surface area contributed by atoms with Crippen molar-refractivity contribution in [2.75, 3.05) is 29.1 Å². The van der Waals surface area contributed by atoms with Gasteiger partial charge in [0.25, 0.3) is 0 Å². The first-order valence-corrected chi connectivity index (χ1v) is 9.76. The molecule has 1 aromatic heterocycles. The number of amides is 2. The van der Waals surface area contributed by atoms with Crippen LogP contribution in [0.1, 0.15) is 6.92 Å². The van der Waals surface area contributed by atoms with E-state index < -0.39 is 5.25 Å². The number of nitrogens with one attached hydrogen (secondary N) is 2. The number of benzene rings is 2. The third-order valence-corrected chi connectivity index (χ3v) is 5.43. The van der Waals surface area contributed by atoms with Crippen LogP contribution in [-0.2, 0) is 9.59 Å². The van der Waals surface area contributed by atoms with E-state index in [2.05, 4.69) is 20.6 Å². The molecule has 1 unspecified atom stereocenters. The van der Waals surface area contributed by atoms with E-state index in [1.807, 2.05) is 42.5 Å². The van der Waals surface area contributed by atoms with Crippen LogP contribution in [0.5, 0.6) is 0 Å². The summed E-state index contributed by atoms with van der Waals surface area (Å²) < 4.78 is 0. The number of thioether (sulfide) groups is 1. The summed E-state index contributed by atoms with van der Waals surface area (Å²) in [4.78, 5) is 35.7. The van der Waals surface area contributed by atoms with Crippen LogP contribution in [0, 0.1) is 0 Å². The molecule has 0 spiro atoms. The molecule has 2 aromatic carbocycles. The number of hydrogen-bond donors (Lipinski definition) is 2. The predicted molar refractivity (Wildman–Crippen MR) is 112 cm³/mol. The van der Waals surface area contributed by atoms with Crippen molar-refractivity contribution >= 4 is 51.7 Å². The van der Waals surface area contributed by atoms with Gasteiger partial charge in [-0.05, 0) is 31.2 Å². The van der Waals surface area contributed by atoms with Crippen LogP contribution in [0.25, 0.3) is 10.9 Å². The normalized spacial score (nSPS) is 14.4. The fraction of sp³-hybridized carbons (Fsp3) is 0.200. The first-order chi connectivity index (χ1) is 13.6. The summed E-state index contributed by atoms with van der Waals surface area (Å²) >= 11 is 1.28. The minimum atomic E-state index is -0.454. The summed E-state index contributed by atoms with van der Waals surface area (Å²) in [6, 6.07) is 15.0. The molecule has 2 N–H and O–H groups in total. The van der Waals surface area contributed by atoms with Gasteiger partial charge in [-0.3, -0.25) is 14.5 Å². The van der Waals surface area contributed by atoms with Gasteiger partial charge in [0.15, 0.2) is 5.16 Å². The monoisotopic (exact) mass is 393 g/mol. The third kappa shape index (κ3) is 3.38. The summed E-state index contributed by atoms with van der Waals surface area (Å²) in [5, 5.41) is 6.86. The smallest absolute Gasteiger partial charge is 0.244 e. The Morgan fingerprint density at radius 1 is 1.18 bits per heavy atom. The molecule has 2 amide bonds. The predicted octanol–water partition coefficient (Wildman–Crippen LogP) is 3.14. The average molecular weight is 393 g/mol. The number of aromatic nitrogens is 2. The molecule has 4 rings (SSSR count). The van der Waals surface area contributed by atoms with E-state index in [1.54, 1.807) is 20.0 Å². The molecule has 0 saturated carbocycles. The number of hydrogen-bond acceptors (Lipinski definition) is 6. The minimum absolute atomic E-state index is 0.00108. The van der Waals surface area contributed by atoms with Crippen LogP contribution in [0.2, 0.25) is 0 Å². The molecule has 0 aliphatic carbocycles. The Hall–Kier alpha value is -3.13. The van der Waals surface area contributed by atoms with Crippen molar-refractivity contribution in [2.45, 2.75) is 17.3 Å². The quantitative estimate of drug-likeness (QED) is 0.523. The lowest BCUT2D eigenvalue weighted by Gasteiger charge is -2.30. The minimum Gasteiger partial charge on any atom is -0.372 e. The molecule has 1 atom stereocenters. The Balaban J connectivity index is 1.61. The van der Waals surface area contributed by atoms with Gasteiger partial charge in [0, 0.05) is 12.4 Å². The van der Waals surface area contributed by atoms with E-state index in [0.717, 1.165) is 16.7 Å². The molecule has 0 radical (unpaired) electrons. The van der Waals surface area contributed by atoms with Gasteiger partial charge in [-0.15, -0.1) is 0 Å². The van der Waals surface area contributed by atoms with Gasteiger partial charge in [-0.25, -0.2) is 9.97 Å². The largest absolute Gasteiger partial charge is 0.372 e. The highest BCUT2D eigenvalue weighted by Crippen LogP contribution is 2.32. The second-order valence-electron chi connectivity index (χ2n) is 6.37. The van der Waals surface area contributed by atoms with E-state index in [4.69, 9.17) is 0 Å². The molecule has 0 saturated heterocycles. The first kappa shape index (κ1) is 18.2. The summed E-state index contributed by atoms with van der Waals surface area (Å²) in [5.74, 6) is 0.356. The van der Waals surface area contributed by atoms with Crippen molar-refractivity contribution in [3.05, 3.63) is 48.5 Å². The van der Waals surface area contributed by atoms with Gasteiger partial charge in [-0.2, -0.15) is 0 Å². The van der Waals surface area contributed by atoms with E-state index in [1.165, 1.54) is 16.7 Å². The zero-order chi connectivity index (χ0) is 19.7. The van der Waals surface area contributed by atoms with E-state index in [9.17, 15) is 9.59 Å². The summed E-state index contributed by atoms with van der Waals surface area (Å²) in [5.41, 5.74) is 2.16. The number of carbonyl (C=O) groups is 2. The van der Waals surface area contributed by atoms with Gasteiger partial charge in [0.2, 0.25) is 11.8 Å². The van der Waals surface area contributed by atoms with Crippen molar-refractivity contribution in [1.29, 1.82) is 0 Å². The lowest BCUT2D eigenvalue weighted by molar-refractivity contribution is -0.121. The number of nitrogens with zero attached hydrogens (tertiary/aromatic N) is 3. The first-order valence-electron chi connectivity index (χ1n) is 8.88. The lowest BCUT2D eigenvalue weighted by atomic mass is 10.2. The lowest BCUT2D eigenvalue weighted by Crippen LogP contribution is -2.45. The van der Waals surface area contributed by atoms with Crippen LogP contribution in [-0.4, -0.2) is 40.6 Å². The highest BCUT2D eigenvalue weighted by molar-refractivity contribution is 8.00. The van der Waals surface area contributed by atoms with Gasteiger partial charge in [0.05, 0.1) is 22.1 Å². The highest BCUT2D eigenvalue weighted by Gasteiger charge is 2.30. The van der Waals surface area contributed by atoms with Crippen molar-refractivity contribution in [2.24, 2.45) is 0 Å². The number of carbonyl (C=O) groups excluding carboxylic acids is 2. The summed E-state index contributed by atoms with van der Waals surface area (Å²) in [6.07, 6.45) is 0. The maximum atomic E-state index is 13.1. The summed E-state index contributed by atoms with van der Waals surface area (Å²) in [6.45, 7) is 1.81. The number of fused-ring (bicyclic) bond motifs is 2. The maximum absolute atomic E-state index is 13.1. The Labute approximate surface area is 166 Å². The molecule has 7 nitrogen and oxygen atoms in total. The zero-order valence-electron chi connectivity index (χ0n) is 15.5. The third-order valence-electron chi connectivity index (χ3n) is 4.49. The van der Waals surface area contributed by atoms with E-state index in [-0.39, 0.29) is 18.4 Å². The van der Waals surface area contributed by atoms with Crippen LogP contribution in [0.4, 0.5) is 17.2 Å². The van der Waals surface area contributed by atoms with E-state index >= 15 is 0 Å². The van der Waals surface area contributed by atoms with Crippen molar-refractivity contribution in [1.82, 2.24) is 9.97 Å². The van der Waals surface area contributed by atoms with Gasteiger partial charge in [-0.1, -0.05) is 36.0 Å². The Bertz CT molecular complexity index is 1070. The molecule has 2 heterocycles. The Kier molecular flexibility index (Phi) is 4.87. The number of rotatable bonds is 4.